The van der Waals surface area contributed by atoms with Gasteiger partial charge in [0, 0.05) is 35.0 Å². The maximum absolute atomic E-state index is 10.9. The van der Waals surface area contributed by atoms with Crippen molar-refractivity contribution in [2.75, 3.05) is 29.6 Å². The number of nitrogens with zero attached hydrogens (tertiary/aromatic N) is 1. The van der Waals surface area contributed by atoms with Gasteiger partial charge in [0.05, 0.1) is 11.0 Å². The van der Waals surface area contributed by atoms with Crippen molar-refractivity contribution < 1.29 is 4.21 Å². The zero-order chi connectivity index (χ0) is 11.5. The van der Waals surface area contributed by atoms with Crippen LogP contribution in [-0.4, -0.2) is 32.7 Å². The predicted molar refractivity (Wildman–Crippen MR) is 67.9 cm³/mol. The van der Waals surface area contributed by atoms with E-state index in [0.717, 1.165) is 11.0 Å². The van der Waals surface area contributed by atoms with Gasteiger partial charge in [-0.2, -0.15) is 0 Å². The summed E-state index contributed by atoms with van der Waals surface area (Å²) in [5.41, 5.74) is 8.14. The second-order valence-electron chi connectivity index (χ2n) is 3.57. The molecule has 0 saturated heterocycles. The smallest absolute Gasteiger partial charge is 0.201 e. The highest BCUT2D eigenvalue weighted by molar-refractivity contribution is 7.84. The van der Waals surface area contributed by atoms with Crippen LogP contribution in [0.15, 0.2) is 18.2 Å². The van der Waals surface area contributed by atoms with Gasteiger partial charge in [-0.3, -0.25) is 4.21 Å². The Morgan fingerprint density at radius 3 is 3.12 bits per heavy atom. The van der Waals surface area contributed by atoms with E-state index in [1.165, 1.54) is 0 Å². The van der Waals surface area contributed by atoms with Gasteiger partial charge in [0.2, 0.25) is 5.95 Å². The summed E-state index contributed by atoms with van der Waals surface area (Å²) in [6, 6.07) is 5.52. The van der Waals surface area contributed by atoms with Gasteiger partial charge in [0.15, 0.2) is 0 Å². The van der Waals surface area contributed by atoms with Crippen molar-refractivity contribution in [2.24, 2.45) is 0 Å². The second-order valence-corrected chi connectivity index (χ2v) is 5.12. The lowest BCUT2D eigenvalue weighted by Crippen LogP contribution is -2.10. The Morgan fingerprint density at radius 2 is 2.38 bits per heavy atom. The second kappa shape index (κ2) is 4.52. The first-order valence-electron chi connectivity index (χ1n) is 4.94. The van der Waals surface area contributed by atoms with Crippen LogP contribution in [0.3, 0.4) is 0 Å². The molecule has 1 aromatic heterocycles. The monoisotopic (exact) mass is 238 g/mol. The fourth-order valence-corrected chi connectivity index (χ4v) is 1.81. The number of fused-ring (bicyclic) bond motifs is 1. The molecule has 1 unspecified atom stereocenters. The Balaban J connectivity index is 2.10. The summed E-state index contributed by atoms with van der Waals surface area (Å²) in [4.78, 5) is 7.44. The fraction of sp³-hybridized carbons (Fsp3) is 0.300. The molecule has 16 heavy (non-hydrogen) atoms. The summed E-state index contributed by atoms with van der Waals surface area (Å²) >= 11 is 0. The van der Waals surface area contributed by atoms with Crippen molar-refractivity contribution in [3.05, 3.63) is 18.2 Å². The molecule has 0 spiro atoms. The lowest BCUT2D eigenvalue weighted by molar-refractivity contribution is 0.687. The maximum Gasteiger partial charge on any atom is 0.201 e. The average Bonchev–Trinajstić information content (AvgIpc) is 2.58. The van der Waals surface area contributed by atoms with Crippen molar-refractivity contribution in [1.29, 1.82) is 0 Å². The Labute approximate surface area is 95.9 Å². The van der Waals surface area contributed by atoms with E-state index >= 15 is 0 Å². The molecule has 6 heteroatoms. The number of nitrogens with one attached hydrogen (secondary N) is 2. The molecule has 0 aliphatic carbocycles. The van der Waals surface area contributed by atoms with E-state index in [0.29, 0.717) is 23.9 Å². The van der Waals surface area contributed by atoms with Crippen LogP contribution >= 0.6 is 0 Å². The molecule has 0 amide bonds. The Kier molecular flexibility index (Phi) is 3.09. The van der Waals surface area contributed by atoms with E-state index in [-0.39, 0.29) is 0 Å². The average molecular weight is 238 g/mol. The van der Waals surface area contributed by atoms with Crippen LogP contribution < -0.4 is 11.1 Å². The molecule has 0 fully saturated rings. The number of anilines is 2. The normalized spacial score (nSPS) is 12.8. The Bertz CT molecular complexity index is 523. The summed E-state index contributed by atoms with van der Waals surface area (Å²) in [5.74, 6) is 1.30. The van der Waals surface area contributed by atoms with Gasteiger partial charge in [-0.05, 0) is 18.2 Å². The molecule has 0 saturated carbocycles. The van der Waals surface area contributed by atoms with E-state index in [1.54, 1.807) is 6.26 Å². The third kappa shape index (κ3) is 2.52. The third-order valence-corrected chi connectivity index (χ3v) is 2.97. The third-order valence-electron chi connectivity index (χ3n) is 2.19. The number of nitrogens with two attached hydrogens (primary N) is 1. The van der Waals surface area contributed by atoms with E-state index in [1.807, 2.05) is 18.2 Å². The number of aromatic amines is 1. The van der Waals surface area contributed by atoms with Crippen LogP contribution in [0, 0.1) is 0 Å². The zero-order valence-corrected chi connectivity index (χ0v) is 9.80. The van der Waals surface area contributed by atoms with Gasteiger partial charge >= 0.3 is 0 Å². The largest absolute Gasteiger partial charge is 0.399 e. The fourth-order valence-electron chi connectivity index (χ4n) is 1.42. The van der Waals surface area contributed by atoms with E-state index < -0.39 is 10.8 Å². The molecule has 1 aromatic carbocycles. The Hall–Kier alpha value is -1.56. The van der Waals surface area contributed by atoms with Crippen LogP contribution in [0.4, 0.5) is 11.6 Å². The number of hydrogen-bond acceptors (Lipinski definition) is 4. The van der Waals surface area contributed by atoms with Crippen molar-refractivity contribution in [3.8, 4) is 0 Å². The number of hydrogen-bond donors (Lipinski definition) is 3. The molecule has 5 nitrogen and oxygen atoms in total. The van der Waals surface area contributed by atoms with Gasteiger partial charge in [-0.15, -0.1) is 0 Å². The lowest BCUT2D eigenvalue weighted by atomic mass is 10.3. The minimum atomic E-state index is -0.785. The van der Waals surface area contributed by atoms with Crippen molar-refractivity contribution in [3.63, 3.8) is 0 Å². The van der Waals surface area contributed by atoms with E-state index in [2.05, 4.69) is 15.3 Å². The highest BCUT2D eigenvalue weighted by Gasteiger charge is 2.02. The Morgan fingerprint density at radius 1 is 1.56 bits per heavy atom. The highest BCUT2D eigenvalue weighted by Crippen LogP contribution is 2.16. The highest BCUT2D eigenvalue weighted by atomic mass is 32.2. The van der Waals surface area contributed by atoms with Crippen LogP contribution in [-0.2, 0) is 10.8 Å². The topological polar surface area (TPSA) is 83.8 Å². The molecular weight excluding hydrogens is 224 g/mol. The molecule has 86 valence electrons. The quantitative estimate of drug-likeness (QED) is 0.692. The molecule has 0 aliphatic heterocycles. The van der Waals surface area contributed by atoms with Gasteiger partial charge < -0.3 is 16.0 Å². The standard InChI is InChI=1S/C10H14N4OS/c1-16(15)5-4-12-10-13-8-3-2-7(11)6-9(8)14-10/h2-3,6H,4-5,11H2,1H3,(H2,12,13,14). The molecule has 0 bridgehead atoms. The first-order chi connectivity index (χ1) is 7.65. The summed E-state index contributed by atoms with van der Waals surface area (Å²) in [6.07, 6.45) is 1.68. The lowest BCUT2D eigenvalue weighted by Gasteiger charge is -1.99. The molecule has 2 aromatic rings. The number of H-pyrrole nitrogens is 1. The molecule has 1 atom stereocenters. The summed E-state index contributed by atoms with van der Waals surface area (Å²) in [6.45, 7) is 0.637. The van der Waals surface area contributed by atoms with Gasteiger partial charge in [0.25, 0.3) is 0 Å². The SMILES string of the molecule is CS(=O)CCNc1nc2ccc(N)cc2[nH]1. The molecular formula is C10H14N4OS. The van der Waals surface area contributed by atoms with Crippen LogP contribution in [0.1, 0.15) is 0 Å². The van der Waals surface area contributed by atoms with Gasteiger partial charge in [0.1, 0.15) is 0 Å². The van der Waals surface area contributed by atoms with Gasteiger partial charge in [-0.25, -0.2) is 4.98 Å². The number of imidazole rings is 1. The molecule has 0 aliphatic rings. The number of aromatic nitrogens is 2. The number of rotatable bonds is 4. The molecule has 0 radical (unpaired) electrons. The summed E-state index contributed by atoms with van der Waals surface area (Å²) in [7, 11) is -0.785. The maximum atomic E-state index is 10.9. The molecule has 4 N–H and O–H groups in total. The first kappa shape index (κ1) is 10.9. The molecule has 2 rings (SSSR count). The minimum absolute atomic E-state index is 0.610. The van der Waals surface area contributed by atoms with E-state index in [9.17, 15) is 4.21 Å². The molecule has 1 heterocycles. The predicted octanol–water partition coefficient (Wildman–Crippen LogP) is 0.935. The van der Waals surface area contributed by atoms with Crippen LogP contribution in [0.2, 0.25) is 0 Å². The summed E-state index contributed by atoms with van der Waals surface area (Å²) in [5, 5.41) is 3.08. The summed E-state index contributed by atoms with van der Waals surface area (Å²) < 4.78 is 10.9. The minimum Gasteiger partial charge on any atom is -0.399 e. The number of benzene rings is 1. The van der Waals surface area contributed by atoms with Crippen molar-refractivity contribution in [1.82, 2.24) is 9.97 Å². The van der Waals surface area contributed by atoms with Crippen LogP contribution in [0.25, 0.3) is 11.0 Å². The zero-order valence-electron chi connectivity index (χ0n) is 8.99. The van der Waals surface area contributed by atoms with Crippen molar-refractivity contribution >= 4 is 33.5 Å². The first-order valence-corrected chi connectivity index (χ1v) is 6.67. The van der Waals surface area contributed by atoms with E-state index in [4.69, 9.17) is 5.73 Å². The van der Waals surface area contributed by atoms with Gasteiger partial charge in [-0.1, -0.05) is 0 Å². The van der Waals surface area contributed by atoms with Crippen molar-refractivity contribution in [2.45, 2.75) is 0 Å². The van der Waals surface area contributed by atoms with Crippen LogP contribution in [0.5, 0.6) is 0 Å². The number of nitrogen functional groups attached to an aromatic ring is 1.